The van der Waals surface area contributed by atoms with Crippen molar-refractivity contribution in [1.29, 1.82) is 0 Å². The molecule has 4 nitrogen and oxygen atoms in total. The predicted octanol–water partition coefficient (Wildman–Crippen LogP) is 0.370. The van der Waals surface area contributed by atoms with E-state index in [9.17, 15) is 0 Å². The van der Waals surface area contributed by atoms with Gasteiger partial charge in [-0.25, -0.2) is 4.98 Å². The number of ether oxygens (including phenoxy) is 1. The van der Waals surface area contributed by atoms with Gasteiger partial charge in [-0.05, 0) is 13.0 Å². The van der Waals surface area contributed by atoms with Crippen molar-refractivity contribution in [3.63, 3.8) is 0 Å². The Balaban J connectivity index is 2.49. The van der Waals surface area contributed by atoms with Crippen molar-refractivity contribution in [3.05, 3.63) is 23.9 Å². The first-order chi connectivity index (χ1) is 6.77. The van der Waals surface area contributed by atoms with Crippen LogP contribution in [-0.2, 0) is 0 Å². The molecule has 0 amide bonds. The summed E-state index contributed by atoms with van der Waals surface area (Å²) in [4.78, 5) is 4.03. The lowest BCUT2D eigenvalue weighted by atomic mass is 10.2. The highest BCUT2D eigenvalue weighted by molar-refractivity contribution is 5.23. The zero-order valence-corrected chi connectivity index (χ0v) is 8.18. The largest absolute Gasteiger partial charge is 0.477 e. The van der Waals surface area contributed by atoms with Gasteiger partial charge in [0.05, 0.1) is 19.8 Å². The molecule has 0 bridgehead atoms. The normalized spacial score (nSPS) is 10.6. The van der Waals surface area contributed by atoms with E-state index in [1.807, 2.05) is 19.1 Å². The van der Waals surface area contributed by atoms with Gasteiger partial charge in [0.15, 0.2) is 0 Å². The number of pyridine rings is 1. The number of aliphatic hydroxyl groups is 2. The summed E-state index contributed by atoms with van der Waals surface area (Å²) in [7, 11) is 0. The molecule has 1 heterocycles. The maximum absolute atomic E-state index is 8.81. The fourth-order valence-corrected chi connectivity index (χ4v) is 0.982. The number of aryl methyl sites for hydroxylation is 1. The Morgan fingerprint density at radius 2 is 2.14 bits per heavy atom. The molecule has 0 saturated heterocycles. The fraction of sp³-hybridized carbons (Fsp3) is 0.500. The van der Waals surface area contributed by atoms with Crippen LogP contribution in [0.25, 0.3) is 0 Å². The Labute approximate surface area is 83.2 Å². The SMILES string of the molecule is Cc1cccnc1OCC(CO)CO. The Morgan fingerprint density at radius 3 is 2.71 bits per heavy atom. The van der Waals surface area contributed by atoms with E-state index in [2.05, 4.69) is 4.98 Å². The van der Waals surface area contributed by atoms with Crippen LogP contribution in [0.2, 0.25) is 0 Å². The summed E-state index contributed by atoms with van der Waals surface area (Å²) < 4.78 is 5.35. The van der Waals surface area contributed by atoms with Crippen LogP contribution >= 0.6 is 0 Å². The molecule has 0 aliphatic rings. The number of hydrogen-bond donors (Lipinski definition) is 2. The van der Waals surface area contributed by atoms with Crippen LogP contribution in [0.5, 0.6) is 5.88 Å². The Hall–Kier alpha value is -1.13. The van der Waals surface area contributed by atoms with E-state index in [4.69, 9.17) is 14.9 Å². The van der Waals surface area contributed by atoms with E-state index in [1.165, 1.54) is 0 Å². The van der Waals surface area contributed by atoms with Gasteiger partial charge in [0.25, 0.3) is 0 Å². The summed E-state index contributed by atoms with van der Waals surface area (Å²) in [6, 6.07) is 3.73. The van der Waals surface area contributed by atoms with Gasteiger partial charge < -0.3 is 14.9 Å². The van der Waals surface area contributed by atoms with Crippen molar-refractivity contribution < 1.29 is 14.9 Å². The van der Waals surface area contributed by atoms with E-state index >= 15 is 0 Å². The molecule has 0 aliphatic heterocycles. The molecule has 0 saturated carbocycles. The minimum absolute atomic E-state index is 0.0810. The summed E-state index contributed by atoms with van der Waals surface area (Å²) in [5.74, 6) is 0.316. The summed E-state index contributed by atoms with van der Waals surface area (Å²) in [6.07, 6.45) is 1.65. The molecule has 0 atom stereocenters. The lowest BCUT2D eigenvalue weighted by Crippen LogP contribution is -2.20. The van der Waals surface area contributed by atoms with Crippen molar-refractivity contribution in [2.24, 2.45) is 5.92 Å². The second kappa shape index (κ2) is 5.57. The highest BCUT2D eigenvalue weighted by Gasteiger charge is 2.07. The van der Waals surface area contributed by atoms with Crippen molar-refractivity contribution in [2.45, 2.75) is 6.92 Å². The third-order valence-electron chi connectivity index (χ3n) is 1.93. The standard InChI is InChI=1S/C10H15NO3/c1-8-3-2-4-11-10(8)14-7-9(5-12)6-13/h2-4,9,12-13H,5-7H2,1H3. The van der Waals surface area contributed by atoms with Crippen LogP contribution in [0.15, 0.2) is 18.3 Å². The highest BCUT2D eigenvalue weighted by atomic mass is 16.5. The zero-order chi connectivity index (χ0) is 10.4. The van der Waals surface area contributed by atoms with E-state index in [1.54, 1.807) is 6.20 Å². The van der Waals surface area contributed by atoms with Gasteiger partial charge in [-0.3, -0.25) is 0 Å². The average Bonchev–Trinajstić information content (AvgIpc) is 2.22. The molecule has 1 aromatic heterocycles. The number of aliphatic hydroxyl groups excluding tert-OH is 2. The monoisotopic (exact) mass is 197 g/mol. The first-order valence-electron chi connectivity index (χ1n) is 4.54. The molecule has 0 spiro atoms. The quantitative estimate of drug-likeness (QED) is 0.716. The molecule has 0 radical (unpaired) electrons. The predicted molar refractivity (Wildman–Crippen MR) is 52.1 cm³/mol. The van der Waals surface area contributed by atoms with Gasteiger partial charge >= 0.3 is 0 Å². The van der Waals surface area contributed by atoms with Crippen LogP contribution in [0.4, 0.5) is 0 Å². The minimum Gasteiger partial charge on any atom is -0.477 e. The summed E-state index contributed by atoms with van der Waals surface area (Å²) in [6.45, 7) is 2.02. The Bertz CT molecular complexity index is 274. The summed E-state index contributed by atoms with van der Waals surface area (Å²) >= 11 is 0. The third-order valence-corrected chi connectivity index (χ3v) is 1.93. The summed E-state index contributed by atoms with van der Waals surface area (Å²) in [5.41, 5.74) is 0.946. The second-order valence-corrected chi connectivity index (χ2v) is 3.17. The lowest BCUT2D eigenvalue weighted by Gasteiger charge is -2.12. The van der Waals surface area contributed by atoms with Gasteiger partial charge in [0, 0.05) is 17.7 Å². The van der Waals surface area contributed by atoms with Crippen LogP contribution in [0.1, 0.15) is 5.56 Å². The smallest absolute Gasteiger partial charge is 0.216 e. The van der Waals surface area contributed by atoms with E-state index in [0.717, 1.165) is 5.56 Å². The topological polar surface area (TPSA) is 62.6 Å². The Morgan fingerprint density at radius 1 is 1.43 bits per heavy atom. The number of nitrogens with zero attached hydrogens (tertiary/aromatic N) is 1. The first-order valence-corrected chi connectivity index (χ1v) is 4.54. The van der Waals surface area contributed by atoms with Crippen LogP contribution in [-0.4, -0.2) is 35.0 Å². The lowest BCUT2D eigenvalue weighted by molar-refractivity contribution is 0.104. The number of rotatable bonds is 5. The van der Waals surface area contributed by atoms with Gasteiger partial charge in [0.2, 0.25) is 5.88 Å². The second-order valence-electron chi connectivity index (χ2n) is 3.17. The maximum atomic E-state index is 8.81. The molecule has 4 heteroatoms. The van der Waals surface area contributed by atoms with E-state index in [0.29, 0.717) is 5.88 Å². The van der Waals surface area contributed by atoms with Gasteiger partial charge in [-0.1, -0.05) is 6.07 Å². The van der Waals surface area contributed by atoms with Crippen molar-refractivity contribution in [1.82, 2.24) is 4.98 Å². The van der Waals surface area contributed by atoms with Crippen molar-refractivity contribution >= 4 is 0 Å². The van der Waals surface area contributed by atoms with Crippen molar-refractivity contribution in [3.8, 4) is 5.88 Å². The summed E-state index contributed by atoms with van der Waals surface area (Å²) in [5, 5.41) is 17.6. The molecular weight excluding hydrogens is 182 g/mol. The minimum atomic E-state index is -0.239. The maximum Gasteiger partial charge on any atom is 0.216 e. The molecule has 78 valence electrons. The molecule has 0 unspecified atom stereocenters. The highest BCUT2D eigenvalue weighted by Crippen LogP contribution is 2.12. The first kappa shape index (κ1) is 10.9. The Kier molecular flexibility index (Phi) is 4.35. The molecule has 0 aromatic carbocycles. The third kappa shape index (κ3) is 2.97. The van der Waals surface area contributed by atoms with Gasteiger partial charge in [-0.15, -0.1) is 0 Å². The van der Waals surface area contributed by atoms with E-state index < -0.39 is 0 Å². The van der Waals surface area contributed by atoms with Gasteiger partial charge in [-0.2, -0.15) is 0 Å². The van der Waals surface area contributed by atoms with Crippen molar-refractivity contribution in [2.75, 3.05) is 19.8 Å². The molecule has 1 aromatic rings. The van der Waals surface area contributed by atoms with Crippen LogP contribution in [0.3, 0.4) is 0 Å². The van der Waals surface area contributed by atoms with Crippen LogP contribution in [0, 0.1) is 12.8 Å². The average molecular weight is 197 g/mol. The van der Waals surface area contributed by atoms with Crippen LogP contribution < -0.4 is 4.74 Å². The molecule has 0 fully saturated rings. The molecule has 2 N–H and O–H groups in total. The molecule has 0 aliphatic carbocycles. The fourth-order valence-electron chi connectivity index (χ4n) is 0.982. The molecular formula is C10H15NO3. The zero-order valence-electron chi connectivity index (χ0n) is 8.18. The van der Waals surface area contributed by atoms with Gasteiger partial charge in [0.1, 0.15) is 0 Å². The number of hydrogen-bond acceptors (Lipinski definition) is 4. The molecule has 14 heavy (non-hydrogen) atoms. The molecule has 1 rings (SSSR count). The van der Waals surface area contributed by atoms with E-state index in [-0.39, 0.29) is 25.7 Å². The number of aromatic nitrogens is 1.